The van der Waals surface area contributed by atoms with Crippen molar-refractivity contribution in [1.29, 1.82) is 0 Å². The van der Waals surface area contributed by atoms with Crippen LogP contribution in [0.25, 0.3) is 0 Å². The molecule has 1 heterocycles. The topological polar surface area (TPSA) is 40.3 Å². The molecule has 1 aliphatic heterocycles. The number of carbonyl (C=O) groups is 1. The van der Waals surface area contributed by atoms with Crippen LogP contribution in [0.3, 0.4) is 0 Å². The van der Waals surface area contributed by atoms with E-state index in [0.29, 0.717) is 0 Å². The normalized spacial score (nSPS) is 16.2. The molecule has 0 saturated carbocycles. The summed E-state index contributed by atoms with van der Waals surface area (Å²) in [6.07, 6.45) is 3.06. The van der Waals surface area contributed by atoms with E-state index >= 15 is 0 Å². The number of aliphatic carboxylic acids is 1. The molecule has 0 bridgehead atoms. The number of benzene rings is 1. The smallest absolute Gasteiger partial charge is 0.303 e. The fraction of sp³-hybridized carbons (Fsp3) is 0.556. The Labute approximate surface area is 127 Å². The second-order valence-electron chi connectivity index (χ2n) is 6.59. The highest BCUT2D eigenvalue weighted by molar-refractivity contribution is 5.93. The molecule has 3 nitrogen and oxygen atoms in total. The Morgan fingerprint density at radius 2 is 1.90 bits per heavy atom. The van der Waals surface area contributed by atoms with Crippen molar-refractivity contribution in [2.24, 2.45) is 0 Å². The number of hydrogen-bond acceptors (Lipinski definition) is 1. The number of aryl methyl sites for hydroxylation is 1. The van der Waals surface area contributed by atoms with E-state index in [9.17, 15) is 4.79 Å². The summed E-state index contributed by atoms with van der Waals surface area (Å²) in [5, 5.41) is 8.68. The highest BCUT2D eigenvalue weighted by Gasteiger charge is 2.42. The third kappa shape index (κ3) is 3.17. The van der Waals surface area contributed by atoms with Gasteiger partial charge in [-0.3, -0.25) is 4.79 Å². The minimum Gasteiger partial charge on any atom is -0.481 e. The summed E-state index contributed by atoms with van der Waals surface area (Å²) in [4.78, 5) is 10.5. The van der Waals surface area contributed by atoms with E-state index in [-0.39, 0.29) is 11.8 Å². The van der Waals surface area contributed by atoms with Gasteiger partial charge in [0.25, 0.3) is 0 Å². The van der Waals surface area contributed by atoms with Gasteiger partial charge in [-0.1, -0.05) is 11.6 Å². The van der Waals surface area contributed by atoms with Gasteiger partial charge in [0, 0.05) is 31.4 Å². The van der Waals surface area contributed by atoms with Gasteiger partial charge in [-0.15, -0.1) is 0 Å². The molecule has 0 aliphatic carbocycles. The average Bonchev–Trinajstić information content (AvgIpc) is 2.59. The summed E-state index contributed by atoms with van der Waals surface area (Å²) in [6.45, 7) is 9.90. The number of unbranched alkanes of at least 4 members (excludes halogenated alkanes) is 2. The van der Waals surface area contributed by atoms with Crippen molar-refractivity contribution in [3.63, 3.8) is 0 Å². The Kier molecular flexibility index (Phi) is 4.50. The first kappa shape index (κ1) is 15.7. The maximum atomic E-state index is 10.5. The number of hydrogen-bond donors (Lipinski definition) is 1. The fourth-order valence-corrected chi connectivity index (χ4v) is 3.11. The van der Waals surface area contributed by atoms with Gasteiger partial charge in [0.05, 0.1) is 5.41 Å². The molecular weight excluding hydrogens is 262 g/mol. The first-order valence-corrected chi connectivity index (χ1v) is 7.78. The van der Waals surface area contributed by atoms with Gasteiger partial charge in [-0.2, -0.15) is 4.58 Å². The largest absolute Gasteiger partial charge is 0.481 e. The van der Waals surface area contributed by atoms with Gasteiger partial charge in [0.2, 0.25) is 5.69 Å². The Morgan fingerprint density at radius 3 is 2.57 bits per heavy atom. The van der Waals surface area contributed by atoms with Crippen molar-refractivity contribution >= 4 is 17.4 Å². The number of fused-ring (bicyclic) bond motifs is 1. The second-order valence-corrected chi connectivity index (χ2v) is 6.59. The molecule has 0 fully saturated rings. The molecule has 3 heteroatoms. The Morgan fingerprint density at radius 1 is 1.19 bits per heavy atom. The first-order chi connectivity index (χ1) is 9.84. The summed E-state index contributed by atoms with van der Waals surface area (Å²) in [5.41, 5.74) is 5.51. The number of rotatable bonds is 6. The van der Waals surface area contributed by atoms with Crippen LogP contribution in [0.2, 0.25) is 0 Å². The van der Waals surface area contributed by atoms with E-state index in [4.69, 9.17) is 5.11 Å². The molecule has 1 aromatic carbocycles. The second kappa shape index (κ2) is 6.00. The number of carboxylic acid groups (broad SMARTS) is 1. The molecule has 1 aromatic rings. The molecule has 2 rings (SSSR count). The first-order valence-electron chi connectivity index (χ1n) is 7.78. The Hall–Kier alpha value is -1.64. The predicted octanol–water partition coefficient (Wildman–Crippen LogP) is 4.04. The zero-order valence-electron chi connectivity index (χ0n) is 13.6. The molecular formula is C18H26NO2+. The predicted molar refractivity (Wildman–Crippen MR) is 85.8 cm³/mol. The summed E-state index contributed by atoms with van der Waals surface area (Å²) in [5.74, 6) is -0.694. The molecule has 0 saturated heterocycles. The molecule has 0 amide bonds. The minimum atomic E-state index is -0.694. The summed E-state index contributed by atoms with van der Waals surface area (Å²) in [6, 6.07) is 6.69. The SMILES string of the molecule is CC1=[N+](CCCCCC(=O)O)c2ccc(C)cc2C1(C)C. The van der Waals surface area contributed by atoms with Gasteiger partial charge < -0.3 is 5.11 Å². The number of nitrogens with zero attached hydrogens (tertiary/aromatic N) is 1. The van der Waals surface area contributed by atoms with E-state index in [2.05, 4.69) is 50.5 Å². The Bertz CT molecular complexity index is 585. The lowest BCUT2D eigenvalue weighted by molar-refractivity contribution is -0.439. The van der Waals surface area contributed by atoms with Crippen molar-refractivity contribution in [2.75, 3.05) is 6.54 Å². The van der Waals surface area contributed by atoms with Gasteiger partial charge in [-0.05, 0) is 39.7 Å². The fourth-order valence-electron chi connectivity index (χ4n) is 3.11. The average molecular weight is 288 g/mol. The van der Waals surface area contributed by atoms with Crippen LogP contribution >= 0.6 is 0 Å². The minimum absolute atomic E-state index is 0.0857. The van der Waals surface area contributed by atoms with Crippen LogP contribution in [-0.4, -0.2) is 27.9 Å². The van der Waals surface area contributed by atoms with Crippen molar-refractivity contribution in [3.8, 4) is 0 Å². The van der Waals surface area contributed by atoms with Crippen molar-refractivity contribution in [2.45, 2.75) is 58.8 Å². The molecule has 0 spiro atoms. The third-order valence-electron chi connectivity index (χ3n) is 4.70. The van der Waals surface area contributed by atoms with Crippen molar-refractivity contribution in [3.05, 3.63) is 29.3 Å². The standard InChI is InChI=1S/C18H25NO2/c1-13-9-10-16-15(12-13)18(3,4)14(2)19(16)11-7-5-6-8-17(20)21/h9-10,12H,5-8,11H2,1-4H3/p+1. The molecule has 114 valence electrons. The molecule has 0 radical (unpaired) electrons. The van der Waals surface area contributed by atoms with Crippen LogP contribution in [0.15, 0.2) is 18.2 Å². The van der Waals surface area contributed by atoms with E-state index < -0.39 is 5.97 Å². The van der Waals surface area contributed by atoms with Crippen LogP contribution in [0.5, 0.6) is 0 Å². The molecule has 0 atom stereocenters. The monoisotopic (exact) mass is 288 g/mol. The lowest BCUT2D eigenvalue weighted by Gasteiger charge is -2.15. The van der Waals surface area contributed by atoms with Gasteiger partial charge in [-0.25, -0.2) is 0 Å². The molecule has 1 aliphatic rings. The highest BCUT2D eigenvalue weighted by atomic mass is 16.4. The molecule has 0 unspecified atom stereocenters. The molecule has 1 N–H and O–H groups in total. The van der Waals surface area contributed by atoms with Crippen LogP contribution < -0.4 is 0 Å². The van der Waals surface area contributed by atoms with E-state index in [1.54, 1.807) is 0 Å². The van der Waals surface area contributed by atoms with E-state index in [1.807, 2.05) is 0 Å². The lowest BCUT2D eigenvalue weighted by Crippen LogP contribution is -2.26. The van der Waals surface area contributed by atoms with Crippen molar-refractivity contribution < 1.29 is 14.5 Å². The van der Waals surface area contributed by atoms with Gasteiger partial charge >= 0.3 is 5.97 Å². The van der Waals surface area contributed by atoms with E-state index in [0.717, 1.165) is 25.8 Å². The van der Waals surface area contributed by atoms with Gasteiger partial charge in [0.1, 0.15) is 6.54 Å². The quantitative estimate of drug-likeness (QED) is 0.634. The summed E-state index contributed by atoms with van der Waals surface area (Å²) in [7, 11) is 0. The zero-order valence-corrected chi connectivity index (χ0v) is 13.6. The highest BCUT2D eigenvalue weighted by Crippen LogP contribution is 2.39. The van der Waals surface area contributed by atoms with Crippen LogP contribution in [0.1, 0.15) is 57.6 Å². The van der Waals surface area contributed by atoms with E-state index in [1.165, 1.54) is 22.5 Å². The Balaban J connectivity index is 2.09. The van der Waals surface area contributed by atoms with Crippen molar-refractivity contribution in [1.82, 2.24) is 0 Å². The lowest BCUT2D eigenvalue weighted by atomic mass is 9.82. The number of carboxylic acids is 1. The summed E-state index contributed by atoms with van der Waals surface area (Å²) >= 11 is 0. The van der Waals surface area contributed by atoms with Crippen LogP contribution in [-0.2, 0) is 10.2 Å². The maximum Gasteiger partial charge on any atom is 0.303 e. The third-order valence-corrected chi connectivity index (χ3v) is 4.70. The maximum absolute atomic E-state index is 10.5. The molecule has 21 heavy (non-hydrogen) atoms. The van der Waals surface area contributed by atoms with Crippen LogP contribution in [0.4, 0.5) is 5.69 Å². The zero-order chi connectivity index (χ0) is 15.6. The molecule has 0 aromatic heterocycles. The summed E-state index contributed by atoms with van der Waals surface area (Å²) < 4.78 is 2.41. The van der Waals surface area contributed by atoms with Gasteiger partial charge in [0.15, 0.2) is 5.71 Å². The van der Waals surface area contributed by atoms with Crippen LogP contribution in [0, 0.1) is 6.92 Å².